The summed E-state index contributed by atoms with van der Waals surface area (Å²) in [6, 6.07) is 0. The molecule has 3 heteroatoms. The third kappa shape index (κ3) is 4.99. The maximum Gasteiger partial charge on any atom is 0.508 e. The highest BCUT2D eigenvalue weighted by molar-refractivity contribution is 5.59. The molecule has 0 N–H and O–H groups in total. The summed E-state index contributed by atoms with van der Waals surface area (Å²) in [6.07, 6.45) is 1.52. The fourth-order valence-corrected chi connectivity index (χ4v) is 0.870. The van der Waals surface area contributed by atoms with Gasteiger partial charge in [-0.15, -0.1) is 0 Å². The number of rotatable bonds is 5. The molecule has 0 amide bonds. The van der Waals surface area contributed by atoms with E-state index in [0.717, 1.165) is 12.8 Å². The Morgan fingerprint density at radius 3 is 2.17 bits per heavy atom. The predicted molar refractivity (Wildman–Crippen MR) is 47.0 cm³/mol. The number of carbonyl (C=O) groups is 1. The standard InChI is InChI=1S/C9H18O3/c1-4-8(5-2)7-12-9(10)11-6-3/h8H,4-7H2,1-3H3. The lowest BCUT2D eigenvalue weighted by Gasteiger charge is -2.11. The molecule has 0 radical (unpaired) electrons. The topological polar surface area (TPSA) is 35.5 Å². The Labute approximate surface area is 74.0 Å². The van der Waals surface area contributed by atoms with Crippen LogP contribution in [0.3, 0.4) is 0 Å². The van der Waals surface area contributed by atoms with E-state index >= 15 is 0 Å². The van der Waals surface area contributed by atoms with Gasteiger partial charge in [-0.3, -0.25) is 0 Å². The Bertz CT molecular complexity index is 119. The first-order valence-electron chi connectivity index (χ1n) is 4.54. The first-order valence-corrected chi connectivity index (χ1v) is 4.54. The number of hydrogen-bond donors (Lipinski definition) is 0. The van der Waals surface area contributed by atoms with Crippen LogP contribution >= 0.6 is 0 Å². The van der Waals surface area contributed by atoms with Crippen LogP contribution < -0.4 is 0 Å². The van der Waals surface area contributed by atoms with Crippen LogP contribution in [0.15, 0.2) is 0 Å². The lowest BCUT2D eigenvalue weighted by Crippen LogP contribution is -2.14. The van der Waals surface area contributed by atoms with Crippen molar-refractivity contribution in [2.45, 2.75) is 33.6 Å². The minimum Gasteiger partial charge on any atom is -0.435 e. The van der Waals surface area contributed by atoms with Crippen molar-refractivity contribution in [1.82, 2.24) is 0 Å². The fourth-order valence-electron chi connectivity index (χ4n) is 0.870. The minimum atomic E-state index is -0.551. The van der Waals surface area contributed by atoms with E-state index in [9.17, 15) is 4.79 Å². The summed E-state index contributed by atoms with van der Waals surface area (Å²) in [6.45, 7) is 6.79. The third-order valence-electron chi connectivity index (χ3n) is 1.85. The summed E-state index contributed by atoms with van der Waals surface area (Å²) in [5.41, 5.74) is 0. The van der Waals surface area contributed by atoms with E-state index in [1.165, 1.54) is 0 Å². The molecule has 0 aromatic carbocycles. The summed E-state index contributed by atoms with van der Waals surface area (Å²) >= 11 is 0. The van der Waals surface area contributed by atoms with Crippen molar-refractivity contribution in [3.63, 3.8) is 0 Å². The molecule has 0 aliphatic carbocycles. The van der Waals surface area contributed by atoms with E-state index in [0.29, 0.717) is 19.1 Å². The van der Waals surface area contributed by atoms with Gasteiger partial charge < -0.3 is 9.47 Å². The molecular formula is C9H18O3. The van der Waals surface area contributed by atoms with Crippen LogP contribution in [0.1, 0.15) is 33.6 Å². The lowest BCUT2D eigenvalue weighted by atomic mass is 10.1. The number of hydrogen-bond acceptors (Lipinski definition) is 3. The summed E-state index contributed by atoms with van der Waals surface area (Å²) in [4.78, 5) is 10.7. The van der Waals surface area contributed by atoms with Gasteiger partial charge in [-0.1, -0.05) is 26.7 Å². The van der Waals surface area contributed by atoms with Gasteiger partial charge in [0.25, 0.3) is 0 Å². The Morgan fingerprint density at radius 2 is 1.75 bits per heavy atom. The van der Waals surface area contributed by atoms with Crippen LogP contribution in [0.5, 0.6) is 0 Å². The van der Waals surface area contributed by atoms with Gasteiger partial charge in [-0.05, 0) is 12.8 Å². The summed E-state index contributed by atoms with van der Waals surface area (Å²) < 4.78 is 9.49. The molecule has 0 atom stereocenters. The lowest BCUT2D eigenvalue weighted by molar-refractivity contribution is 0.0467. The molecule has 0 aliphatic rings. The quantitative estimate of drug-likeness (QED) is 0.601. The van der Waals surface area contributed by atoms with Gasteiger partial charge in [-0.25, -0.2) is 4.79 Å². The molecule has 0 saturated heterocycles. The minimum absolute atomic E-state index is 0.377. The number of carbonyl (C=O) groups excluding carboxylic acids is 1. The molecule has 12 heavy (non-hydrogen) atoms. The van der Waals surface area contributed by atoms with Crippen molar-refractivity contribution in [3.8, 4) is 0 Å². The molecule has 0 aliphatic heterocycles. The number of ether oxygens (including phenoxy) is 2. The Balaban J connectivity index is 3.44. The van der Waals surface area contributed by atoms with E-state index in [1.54, 1.807) is 6.92 Å². The van der Waals surface area contributed by atoms with E-state index in [4.69, 9.17) is 4.74 Å². The zero-order valence-corrected chi connectivity index (χ0v) is 8.13. The van der Waals surface area contributed by atoms with Crippen LogP contribution in [0, 0.1) is 5.92 Å². The predicted octanol–water partition coefficient (Wildman–Crippen LogP) is 2.60. The molecule has 0 spiro atoms. The molecule has 3 nitrogen and oxygen atoms in total. The molecule has 0 heterocycles. The summed E-state index contributed by atoms with van der Waals surface area (Å²) in [7, 11) is 0. The maximum absolute atomic E-state index is 10.7. The zero-order valence-electron chi connectivity index (χ0n) is 8.13. The molecule has 0 aromatic rings. The molecule has 0 aromatic heterocycles. The van der Waals surface area contributed by atoms with E-state index in [1.807, 2.05) is 0 Å². The second-order valence-electron chi connectivity index (χ2n) is 2.68. The SMILES string of the molecule is CCOC(=O)OCC(CC)CC. The summed E-state index contributed by atoms with van der Waals surface area (Å²) in [5, 5.41) is 0. The van der Waals surface area contributed by atoms with Crippen molar-refractivity contribution >= 4 is 6.16 Å². The fraction of sp³-hybridized carbons (Fsp3) is 0.889. The summed E-state index contributed by atoms with van der Waals surface area (Å²) in [5.74, 6) is 0.467. The largest absolute Gasteiger partial charge is 0.508 e. The van der Waals surface area contributed by atoms with Crippen molar-refractivity contribution in [2.24, 2.45) is 5.92 Å². The average Bonchev–Trinajstić information content (AvgIpc) is 2.07. The van der Waals surface area contributed by atoms with Crippen LogP contribution in [-0.4, -0.2) is 19.4 Å². The molecule has 0 rings (SSSR count). The van der Waals surface area contributed by atoms with Crippen molar-refractivity contribution in [3.05, 3.63) is 0 Å². The van der Waals surface area contributed by atoms with Gasteiger partial charge in [0.2, 0.25) is 0 Å². The third-order valence-corrected chi connectivity index (χ3v) is 1.85. The highest BCUT2D eigenvalue weighted by Crippen LogP contribution is 2.07. The van der Waals surface area contributed by atoms with Gasteiger partial charge in [0.15, 0.2) is 0 Å². The smallest absolute Gasteiger partial charge is 0.435 e. The van der Waals surface area contributed by atoms with E-state index < -0.39 is 6.16 Å². The normalized spacial score (nSPS) is 10.0. The average molecular weight is 174 g/mol. The van der Waals surface area contributed by atoms with E-state index in [2.05, 4.69) is 18.6 Å². The highest BCUT2D eigenvalue weighted by Gasteiger charge is 2.07. The van der Waals surface area contributed by atoms with Crippen LogP contribution in [0.4, 0.5) is 4.79 Å². The van der Waals surface area contributed by atoms with Gasteiger partial charge >= 0.3 is 6.16 Å². The highest BCUT2D eigenvalue weighted by atomic mass is 16.7. The van der Waals surface area contributed by atoms with Gasteiger partial charge in [0.1, 0.15) is 0 Å². The second kappa shape index (κ2) is 6.95. The van der Waals surface area contributed by atoms with Gasteiger partial charge in [-0.2, -0.15) is 0 Å². The zero-order chi connectivity index (χ0) is 9.40. The van der Waals surface area contributed by atoms with Gasteiger partial charge in [0, 0.05) is 0 Å². The second-order valence-corrected chi connectivity index (χ2v) is 2.68. The molecule has 0 saturated carbocycles. The maximum atomic E-state index is 10.7. The Hall–Kier alpha value is -0.730. The molecule has 0 fully saturated rings. The van der Waals surface area contributed by atoms with Crippen molar-refractivity contribution in [1.29, 1.82) is 0 Å². The van der Waals surface area contributed by atoms with Crippen LogP contribution in [0.25, 0.3) is 0 Å². The monoisotopic (exact) mass is 174 g/mol. The Morgan fingerprint density at radius 1 is 1.17 bits per heavy atom. The molecule has 0 unspecified atom stereocenters. The van der Waals surface area contributed by atoms with Crippen LogP contribution in [-0.2, 0) is 9.47 Å². The Kier molecular flexibility index (Phi) is 6.53. The molecule has 0 bridgehead atoms. The molecular weight excluding hydrogens is 156 g/mol. The first-order chi connectivity index (χ1) is 5.74. The first kappa shape index (κ1) is 11.3. The van der Waals surface area contributed by atoms with Crippen molar-refractivity contribution in [2.75, 3.05) is 13.2 Å². The van der Waals surface area contributed by atoms with E-state index in [-0.39, 0.29) is 0 Å². The van der Waals surface area contributed by atoms with Crippen LogP contribution in [0.2, 0.25) is 0 Å². The van der Waals surface area contributed by atoms with Crippen molar-refractivity contribution < 1.29 is 14.3 Å². The van der Waals surface area contributed by atoms with Gasteiger partial charge in [0.05, 0.1) is 13.2 Å². The molecule has 72 valence electrons.